The summed E-state index contributed by atoms with van der Waals surface area (Å²) in [5, 5.41) is 12.1. The minimum atomic E-state index is -0.920. The molecule has 5 nitrogen and oxygen atoms in total. The van der Waals surface area contributed by atoms with E-state index in [0.717, 1.165) is 10.4 Å². The van der Waals surface area contributed by atoms with Gasteiger partial charge in [0.25, 0.3) is 0 Å². The Morgan fingerprint density at radius 3 is 2.55 bits per heavy atom. The number of methoxy groups -OCH3 is 1. The Morgan fingerprint density at radius 1 is 1.45 bits per heavy atom. The van der Waals surface area contributed by atoms with Gasteiger partial charge in [-0.1, -0.05) is 13.8 Å². The summed E-state index contributed by atoms with van der Waals surface area (Å²) in [6, 6.07) is 1.28. The van der Waals surface area contributed by atoms with Gasteiger partial charge in [0.15, 0.2) is 0 Å². The van der Waals surface area contributed by atoms with Crippen LogP contribution in [0.3, 0.4) is 0 Å². The van der Waals surface area contributed by atoms with Gasteiger partial charge in [0.1, 0.15) is 10.9 Å². The molecule has 1 aromatic heterocycles. The third-order valence-corrected chi connectivity index (χ3v) is 4.04. The van der Waals surface area contributed by atoms with Crippen molar-refractivity contribution in [3.63, 3.8) is 0 Å². The molecule has 0 radical (unpaired) electrons. The fourth-order valence-electron chi connectivity index (χ4n) is 1.91. The molecule has 0 bridgehead atoms. The molecule has 0 saturated heterocycles. The smallest absolute Gasteiger partial charge is 0.345 e. The van der Waals surface area contributed by atoms with Gasteiger partial charge in [-0.05, 0) is 30.9 Å². The maximum Gasteiger partial charge on any atom is 0.345 e. The van der Waals surface area contributed by atoms with Crippen LogP contribution in [0.25, 0.3) is 0 Å². The Labute approximate surface area is 123 Å². The van der Waals surface area contributed by atoms with Gasteiger partial charge in [-0.2, -0.15) is 0 Å². The second-order valence-electron chi connectivity index (χ2n) is 5.08. The van der Waals surface area contributed by atoms with Gasteiger partial charge in [-0.25, -0.2) is 4.79 Å². The first-order chi connectivity index (χ1) is 9.35. The van der Waals surface area contributed by atoms with Crippen LogP contribution in [0.1, 0.15) is 40.4 Å². The van der Waals surface area contributed by atoms with Crippen LogP contribution in [0.15, 0.2) is 6.07 Å². The van der Waals surface area contributed by atoms with Gasteiger partial charge in [-0.15, -0.1) is 11.3 Å². The number of aromatic carboxylic acids is 1. The number of carboxylic acid groups (broad SMARTS) is 1. The summed E-state index contributed by atoms with van der Waals surface area (Å²) < 4.78 is 4.78. The van der Waals surface area contributed by atoms with Crippen LogP contribution in [0.2, 0.25) is 0 Å². The van der Waals surface area contributed by atoms with Crippen molar-refractivity contribution in [1.82, 2.24) is 5.32 Å². The lowest BCUT2D eigenvalue weighted by Crippen LogP contribution is -2.38. The van der Waals surface area contributed by atoms with E-state index in [0.29, 0.717) is 23.8 Å². The molecule has 0 aliphatic rings. The lowest BCUT2D eigenvalue weighted by Gasteiger charge is -2.18. The average molecular weight is 299 g/mol. The van der Waals surface area contributed by atoms with Crippen molar-refractivity contribution in [1.29, 1.82) is 0 Å². The van der Waals surface area contributed by atoms with E-state index in [9.17, 15) is 9.59 Å². The van der Waals surface area contributed by atoms with Crippen LogP contribution in [0, 0.1) is 12.8 Å². The summed E-state index contributed by atoms with van der Waals surface area (Å²) in [6.45, 7) is 6.41. The highest BCUT2D eigenvalue weighted by Crippen LogP contribution is 2.21. The SMILES string of the molecule is COC(=O)C(CC(C)C)NCc1cc(C(=O)O)sc1C. The van der Waals surface area contributed by atoms with E-state index in [4.69, 9.17) is 9.84 Å². The van der Waals surface area contributed by atoms with Crippen molar-refractivity contribution in [2.75, 3.05) is 7.11 Å². The monoisotopic (exact) mass is 299 g/mol. The number of carbonyl (C=O) groups is 2. The van der Waals surface area contributed by atoms with Crippen molar-refractivity contribution >= 4 is 23.3 Å². The van der Waals surface area contributed by atoms with Gasteiger partial charge in [0, 0.05) is 11.4 Å². The van der Waals surface area contributed by atoms with Crippen LogP contribution < -0.4 is 5.32 Å². The molecule has 1 heterocycles. The van der Waals surface area contributed by atoms with Crippen LogP contribution in [-0.2, 0) is 16.1 Å². The molecule has 0 aliphatic carbocycles. The molecule has 0 spiro atoms. The molecular formula is C14H21NO4S. The van der Waals surface area contributed by atoms with Gasteiger partial charge in [-0.3, -0.25) is 4.79 Å². The molecule has 2 N–H and O–H groups in total. The number of aryl methyl sites for hydroxylation is 1. The van der Waals surface area contributed by atoms with Gasteiger partial charge < -0.3 is 15.2 Å². The molecule has 0 aliphatic heterocycles. The van der Waals surface area contributed by atoms with Crippen LogP contribution in [0.4, 0.5) is 0 Å². The molecular weight excluding hydrogens is 278 g/mol. The van der Waals surface area contributed by atoms with Gasteiger partial charge >= 0.3 is 11.9 Å². The fraction of sp³-hybridized carbons (Fsp3) is 0.571. The van der Waals surface area contributed by atoms with Crippen LogP contribution in [-0.4, -0.2) is 30.2 Å². The molecule has 6 heteroatoms. The van der Waals surface area contributed by atoms with E-state index in [1.54, 1.807) is 6.07 Å². The lowest BCUT2D eigenvalue weighted by atomic mass is 10.0. The van der Waals surface area contributed by atoms with Crippen molar-refractivity contribution < 1.29 is 19.4 Å². The molecule has 1 rings (SSSR count). The van der Waals surface area contributed by atoms with Gasteiger partial charge in [0.05, 0.1) is 7.11 Å². The van der Waals surface area contributed by atoms with E-state index in [2.05, 4.69) is 5.32 Å². The topological polar surface area (TPSA) is 75.6 Å². The quantitative estimate of drug-likeness (QED) is 0.756. The van der Waals surface area contributed by atoms with Crippen molar-refractivity contribution in [3.8, 4) is 0 Å². The van der Waals surface area contributed by atoms with Crippen LogP contribution in [0.5, 0.6) is 0 Å². The summed E-state index contributed by atoms with van der Waals surface area (Å²) in [4.78, 5) is 23.9. The Kier molecular flexibility index (Phi) is 6.16. The number of rotatable bonds is 7. The standard InChI is InChI=1S/C14H21NO4S/c1-8(2)5-11(14(18)19-4)15-7-10-6-12(13(16)17)20-9(10)3/h6,8,11,15H,5,7H2,1-4H3,(H,16,17). The number of hydrogen-bond donors (Lipinski definition) is 2. The zero-order valence-electron chi connectivity index (χ0n) is 12.2. The molecule has 1 aromatic rings. The van der Waals surface area contributed by atoms with E-state index in [1.165, 1.54) is 18.4 Å². The first-order valence-electron chi connectivity index (χ1n) is 6.49. The molecule has 20 heavy (non-hydrogen) atoms. The molecule has 1 atom stereocenters. The minimum Gasteiger partial charge on any atom is -0.477 e. The lowest BCUT2D eigenvalue weighted by molar-refractivity contribution is -0.143. The predicted octanol–water partition coefficient (Wildman–Crippen LogP) is 2.43. The minimum absolute atomic E-state index is 0.287. The summed E-state index contributed by atoms with van der Waals surface area (Å²) in [6.07, 6.45) is 0.682. The first kappa shape index (κ1) is 16.7. The number of nitrogens with one attached hydrogen (secondary N) is 1. The van der Waals surface area contributed by atoms with E-state index < -0.39 is 5.97 Å². The molecule has 0 aromatic carbocycles. The highest BCUT2D eigenvalue weighted by molar-refractivity contribution is 7.14. The number of ether oxygens (including phenoxy) is 1. The number of esters is 1. The molecule has 0 fully saturated rings. The second-order valence-corrected chi connectivity index (χ2v) is 6.34. The third-order valence-electron chi connectivity index (χ3n) is 2.96. The third kappa shape index (κ3) is 4.61. The van der Waals surface area contributed by atoms with Crippen molar-refractivity contribution in [3.05, 3.63) is 21.4 Å². The van der Waals surface area contributed by atoms with Crippen LogP contribution >= 0.6 is 11.3 Å². The summed E-state index contributed by atoms with van der Waals surface area (Å²) in [7, 11) is 1.37. The number of carbonyl (C=O) groups excluding carboxylic acids is 1. The van der Waals surface area contributed by atoms with Crippen molar-refractivity contribution in [2.24, 2.45) is 5.92 Å². The van der Waals surface area contributed by atoms with Gasteiger partial charge in [0.2, 0.25) is 0 Å². The maximum atomic E-state index is 11.7. The number of carboxylic acids is 1. The molecule has 112 valence electrons. The first-order valence-corrected chi connectivity index (χ1v) is 7.30. The Hall–Kier alpha value is -1.40. The Morgan fingerprint density at radius 2 is 2.10 bits per heavy atom. The summed E-state index contributed by atoms with van der Waals surface area (Å²) in [5.74, 6) is -0.842. The Bertz CT molecular complexity index is 482. The van der Waals surface area contributed by atoms with E-state index in [-0.39, 0.29) is 12.0 Å². The summed E-state index contributed by atoms with van der Waals surface area (Å²) >= 11 is 1.25. The zero-order valence-corrected chi connectivity index (χ0v) is 13.0. The number of hydrogen-bond acceptors (Lipinski definition) is 5. The second kappa shape index (κ2) is 7.40. The number of thiophene rings is 1. The zero-order chi connectivity index (χ0) is 15.3. The molecule has 0 saturated carbocycles. The highest BCUT2D eigenvalue weighted by Gasteiger charge is 2.20. The van der Waals surface area contributed by atoms with E-state index >= 15 is 0 Å². The Balaban J connectivity index is 2.71. The van der Waals surface area contributed by atoms with E-state index in [1.807, 2.05) is 20.8 Å². The average Bonchev–Trinajstić information content (AvgIpc) is 2.75. The van der Waals surface area contributed by atoms with Crippen molar-refractivity contribution in [2.45, 2.75) is 39.8 Å². The predicted molar refractivity (Wildman–Crippen MR) is 78.1 cm³/mol. The summed E-state index contributed by atoms with van der Waals surface area (Å²) in [5.41, 5.74) is 0.907. The normalized spacial score (nSPS) is 12.4. The fourth-order valence-corrected chi connectivity index (χ4v) is 2.79. The largest absolute Gasteiger partial charge is 0.477 e. The molecule has 1 unspecified atom stereocenters. The highest BCUT2D eigenvalue weighted by atomic mass is 32.1. The molecule has 0 amide bonds. The maximum absolute atomic E-state index is 11.7.